The third-order valence-electron chi connectivity index (χ3n) is 4.32. The fraction of sp³-hybridized carbons (Fsp3) is 0.588. The Morgan fingerprint density at radius 2 is 2.05 bits per heavy atom. The van der Waals surface area contributed by atoms with E-state index in [2.05, 4.69) is 5.32 Å². The van der Waals surface area contributed by atoms with Crippen LogP contribution in [-0.4, -0.2) is 18.0 Å². The molecule has 0 aliphatic heterocycles. The highest BCUT2D eigenvalue weighted by Crippen LogP contribution is 2.18. The molecule has 1 atom stereocenters. The van der Waals surface area contributed by atoms with Crippen LogP contribution in [-0.2, 0) is 11.2 Å². The summed E-state index contributed by atoms with van der Waals surface area (Å²) in [6, 6.07) is 7.15. The normalized spacial score (nSPS) is 22.5. The van der Waals surface area contributed by atoms with Gasteiger partial charge in [0.1, 0.15) is 5.82 Å². The average molecular weight is 329 g/mol. The van der Waals surface area contributed by atoms with Crippen molar-refractivity contribution in [2.24, 2.45) is 11.7 Å². The maximum Gasteiger partial charge on any atom is 0.223 e. The van der Waals surface area contributed by atoms with Crippen LogP contribution in [0.2, 0.25) is 0 Å². The smallest absolute Gasteiger partial charge is 0.223 e. The second-order valence-electron chi connectivity index (χ2n) is 6.19. The monoisotopic (exact) mass is 328 g/mol. The summed E-state index contributed by atoms with van der Waals surface area (Å²) in [5.41, 5.74) is 6.81. The summed E-state index contributed by atoms with van der Waals surface area (Å²) in [6.07, 6.45) is 5.39. The molecule has 1 aromatic rings. The van der Waals surface area contributed by atoms with E-state index in [1.54, 1.807) is 6.07 Å². The lowest BCUT2D eigenvalue weighted by Crippen LogP contribution is -2.42. The lowest BCUT2D eigenvalue weighted by molar-refractivity contribution is -0.125. The molecule has 3 nitrogen and oxygen atoms in total. The van der Waals surface area contributed by atoms with Crippen molar-refractivity contribution in [3.8, 4) is 0 Å². The number of halogens is 2. The van der Waals surface area contributed by atoms with Crippen molar-refractivity contribution in [3.63, 3.8) is 0 Å². The predicted octanol–water partition coefficient (Wildman–Crippen LogP) is 3.20. The number of carbonyl (C=O) groups excluding carboxylic acids is 1. The Kier molecular flexibility index (Phi) is 7.83. The zero-order chi connectivity index (χ0) is 15.2. The van der Waals surface area contributed by atoms with E-state index >= 15 is 0 Å². The van der Waals surface area contributed by atoms with Crippen molar-refractivity contribution in [1.29, 1.82) is 0 Å². The summed E-state index contributed by atoms with van der Waals surface area (Å²) in [5.74, 6) is -0.168. The number of benzene rings is 1. The van der Waals surface area contributed by atoms with Crippen molar-refractivity contribution in [2.75, 3.05) is 0 Å². The minimum Gasteiger partial charge on any atom is -0.353 e. The Labute approximate surface area is 138 Å². The van der Waals surface area contributed by atoms with Gasteiger partial charge in [0.15, 0.2) is 0 Å². The van der Waals surface area contributed by atoms with Gasteiger partial charge < -0.3 is 11.1 Å². The molecule has 0 aromatic heterocycles. The summed E-state index contributed by atoms with van der Waals surface area (Å²) >= 11 is 0. The highest BCUT2D eigenvalue weighted by atomic mass is 35.5. The van der Waals surface area contributed by atoms with Gasteiger partial charge in [-0.25, -0.2) is 4.39 Å². The molecule has 0 heterocycles. The van der Waals surface area contributed by atoms with E-state index in [0.29, 0.717) is 6.04 Å². The molecular formula is C17H26ClFN2O. The average Bonchev–Trinajstić information content (AvgIpc) is 2.47. The summed E-state index contributed by atoms with van der Waals surface area (Å²) in [5, 5.41) is 3.12. The number of carbonyl (C=O) groups is 1. The van der Waals surface area contributed by atoms with Gasteiger partial charge in [-0.3, -0.25) is 4.79 Å². The molecule has 0 spiro atoms. The second kappa shape index (κ2) is 9.11. The predicted molar refractivity (Wildman–Crippen MR) is 89.5 cm³/mol. The van der Waals surface area contributed by atoms with Gasteiger partial charge in [0.05, 0.1) is 0 Å². The van der Waals surface area contributed by atoms with E-state index < -0.39 is 0 Å². The Bertz CT molecular complexity index is 475. The van der Waals surface area contributed by atoms with Crippen LogP contribution in [0.4, 0.5) is 4.39 Å². The van der Waals surface area contributed by atoms with Gasteiger partial charge in [0.2, 0.25) is 5.91 Å². The summed E-state index contributed by atoms with van der Waals surface area (Å²) in [6.45, 7) is 1.93. The standard InChI is InChI=1S/C17H25FN2O.ClH/c1-12(5-6-13-3-2-4-14(18)11-13)17(21)20-16-9-7-15(19)8-10-16;/h2-4,11-12,15-16H,5-10,19H2,1H3,(H,20,21);1H. The number of aryl methyl sites for hydroxylation is 1. The quantitative estimate of drug-likeness (QED) is 0.872. The molecule has 3 N–H and O–H groups in total. The largest absolute Gasteiger partial charge is 0.353 e. The molecule has 0 bridgehead atoms. The number of nitrogens with two attached hydrogens (primary N) is 1. The van der Waals surface area contributed by atoms with Gasteiger partial charge in [-0.2, -0.15) is 0 Å². The molecule has 1 fully saturated rings. The van der Waals surface area contributed by atoms with Crippen molar-refractivity contribution >= 4 is 18.3 Å². The third-order valence-corrected chi connectivity index (χ3v) is 4.32. The van der Waals surface area contributed by atoms with Crippen LogP contribution >= 0.6 is 12.4 Å². The Hall–Kier alpha value is -1.13. The van der Waals surface area contributed by atoms with Gasteiger partial charge in [-0.05, 0) is 56.2 Å². The molecule has 1 unspecified atom stereocenters. The van der Waals surface area contributed by atoms with Gasteiger partial charge in [-0.15, -0.1) is 12.4 Å². The Balaban J connectivity index is 0.00000242. The van der Waals surface area contributed by atoms with Crippen molar-refractivity contribution < 1.29 is 9.18 Å². The SMILES string of the molecule is CC(CCc1cccc(F)c1)C(=O)NC1CCC(N)CC1.Cl. The van der Waals surface area contributed by atoms with Gasteiger partial charge >= 0.3 is 0 Å². The second-order valence-corrected chi connectivity index (χ2v) is 6.19. The topological polar surface area (TPSA) is 55.1 Å². The van der Waals surface area contributed by atoms with Gasteiger partial charge in [0.25, 0.3) is 0 Å². The first-order valence-electron chi connectivity index (χ1n) is 7.85. The van der Waals surface area contributed by atoms with Crippen LogP contribution < -0.4 is 11.1 Å². The van der Waals surface area contributed by atoms with Crippen molar-refractivity contribution in [1.82, 2.24) is 5.32 Å². The fourth-order valence-electron chi connectivity index (χ4n) is 2.81. The van der Waals surface area contributed by atoms with Crippen LogP contribution in [0.5, 0.6) is 0 Å². The molecule has 124 valence electrons. The van der Waals surface area contributed by atoms with Crippen LogP contribution in [0.1, 0.15) is 44.6 Å². The van der Waals surface area contributed by atoms with E-state index in [1.165, 1.54) is 12.1 Å². The summed E-state index contributed by atoms with van der Waals surface area (Å²) in [7, 11) is 0. The number of amides is 1. The molecule has 1 aromatic carbocycles. The van der Waals surface area contributed by atoms with E-state index in [-0.39, 0.29) is 36.1 Å². The first-order valence-corrected chi connectivity index (χ1v) is 7.85. The van der Waals surface area contributed by atoms with E-state index in [9.17, 15) is 9.18 Å². The molecule has 1 aliphatic rings. The zero-order valence-electron chi connectivity index (χ0n) is 13.1. The van der Waals surface area contributed by atoms with Gasteiger partial charge in [0, 0.05) is 18.0 Å². The summed E-state index contributed by atoms with van der Waals surface area (Å²) < 4.78 is 13.1. The molecule has 1 aliphatic carbocycles. The lowest BCUT2D eigenvalue weighted by atomic mass is 9.91. The third kappa shape index (κ3) is 5.93. The molecule has 0 saturated heterocycles. The lowest BCUT2D eigenvalue weighted by Gasteiger charge is -2.27. The molecule has 22 heavy (non-hydrogen) atoms. The Morgan fingerprint density at radius 1 is 1.36 bits per heavy atom. The number of hydrogen-bond donors (Lipinski definition) is 2. The minimum atomic E-state index is -0.219. The molecule has 5 heteroatoms. The fourth-order valence-corrected chi connectivity index (χ4v) is 2.81. The number of hydrogen-bond acceptors (Lipinski definition) is 2. The van der Waals surface area contributed by atoms with E-state index in [4.69, 9.17) is 5.73 Å². The molecule has 0 radical (unpaired) electrons. The van der Waals surface area contributed by atoms with E-state index in [0.717, 1.165) is 44.1 Å². The highest BCUT2D eigenvalue weighted by Gasteiger charge is 2.22. The molecular weight excluding hydrogens is 303 g/mol. The van der Waals surface area contributed by atoms with E-state index in [1.807, 2.05) is 13.0 Å². The van der Waals surface area contributed by atoms with Crippen molar-refractivity contribution in [3.05, 3.63) is 35.6 Å². The first kappa shape index (κ1) is 18.9. The highest BCUT2D eigenvalue weighted by molar-refractivity contribution is 5.85. The van der Waals surface area contributed by atoms with Crippen LogP contribution in [0.15, 0.2) is 24.3 Å². The Morgan fingerprint density at radius 3 is 2.68 bits per heavy atom. The van der Waals surface area contributed by atoms with Gasteiger partial charge in [-0.1, -0.05) is 19.1 Å². The molecule has 1 amide bonds. The number of nitrogens with one attached hydrogen (secondary N) is 1. The molecule has 2 rings (SSSR count). The van der Waals surface area contributed by atoms with Crippen molar-refractivity contribution in [2.45, 2.75) is 57.5 Å². The van der Waals surface area contributed by atoms with Crippen LogP contribution in [0, 0.1) is 11.7 Å². The molecule has 1 saturated carbocycles. The number of rotatable bonds is 5. The maximum absolute atomic E-state index is 13.1. The first-order chi connectivity index (χ1) is 10.0. The maximum atomic E-state index is 13.1. The minimum absolute atomic E-state index is 0. The summed E-state index contributed by atoms with van der Waals surface area (Å²) in [4.78, 5) is 12.2. The van der Waals surface area contributed by atoms with Crippen LogP contribution in [0.25, 0.3) is 0 Å². The van der Waals surface area contributed by atoms with Crippen LogP contribution in [0.3, 0.4) is 0 Å². The zero-order valence-corrected chi connectivity index (χ0v) is 13.9.